The van der Waals surface area contributed by atoms with Crippen LogP contribution < -0.4 is 16.4 Å². The number of anilines is 1. The van der Waals surface area contributed by atoms with Crippen LogP contribution in [0.5, 0.6) is 0 Å². The van der Waals surface area contributed by atoms with Gasteiger partial charge in [-0.05, 0) is 41.8 Å². The molecule has 0 aliphatic carbocycles. The topological polar surface area (TPSA) is 87.5 Å². The predicted octanol–water partition coefficient (Wildman–Crippen LogP) is 2.18. The van der Waals surface area contributed by atoms with E-state index in [1.54, 1.807) is 6.08 Å². The fourth-order valence-electron chi connectivity index (χ4n) is 3.71. The van der Waals surface area contributed by atoms with Gasteiger partial charge in [-0.25, -0.2) is 0 Å². The molecule has 0 saturated carbocycles. The van der Waals surface area contributed by atoms with E-state index in [1.165, 1.54) is 6.20 Å². The fraction of sp³-hybridized carbons (Fsp3) is 0.500. The van der Waals surface area contributed by atoms with E-state index in [0.717, 1.165) is 17.7 Å². The Hall–Kier alpha value is -2.50. The van der Waals surface area contributed by atoms with Gasteiger partial charge in [0.15, 0.2) is 0 Å². The Morgan fingerprint density at radius 3 is 2.88 bits per heavy atom. The van der Waals surface area contributed by atoms with Crippen LogP contribution in [0.2, 0.25) is 0 Å². The zero-order valence-corrected chi connectivity index (χ0v) is 15.7. The second kappa shape index (κ2) is 7.02. The molecule has 4 N–H and O–H groups in total. The molecular weight excluding hydrogens is 328 g/mol. The van der Waals surface area contributed by atoms with Gasteiger partial charge in [-0.2, -0.15) is 0 Å². The average molecular weight is 356 g/mol. The Morgan fingerprint density at radius 2 is 2.19 bits per heavy atom. The maximum Gasteiger partial charge on any atom is 0.256 e. The Morgan fingerprint density at radius 1 is 1.42 bits per heavy atom. The fourth-order valence-corrected chi connectivity index (χ4v) is 3.71. The normalized spacial score (nSPS) is 22.6. The van der Waals surface area contributed by atoms with Crippen LogP contribution in [0.25, 0.3) is 6.08 Å². The number of nitrogens with one attached hydrogen (secondary N) is 2. The predicted molar refractivity (Wildman–Crippen MR) is 104 cm³/mol. The van der Waals surface area contributed by atoms with Crippen LogP contribution in [0.1, 0.15) is 49.5 Å². The van der Waals surface area contributed by atoms with E-state index < -0.39 is 0 Å². The van der Waals surface area contributed by atoms with Gasteiger partial charge < -0.3 is 21.3 Å². The van der Waals surface area contributed by atoms with E-state index in [-0.39, 0.29) is 29.3 Å². The second-order valence-corrected chi connectivity index (χ2v) is 8.39. The van der Waals surface area contributed by atoms with Crippen LogP contribution in [0.4, 0.5) is 5.69 Å². The van der Waals surface area contributed by atoms with Gasteiger partial charge in [0.05, 0.1) is 11.6 Å². The molecule has 1 aromatic rings. The third-order valence-electron chi connectivity index (χ3n) is 4.82. The molecule has 1 aromatic carbocycles. The highest BCUT2D eigenvalue weighted by Crippen LogP contribution is 2.29. The van der Waals surface area contributed by atoms with Gasteiger partial charge in [-0.15, -0.1) is 0 Å². The van der Waals surface area contributed by atoms with Gasteiger partial charge >= 0.3 is 0 Å². The molecule has 2 heterocycles. The Labute approximate surface area is 154 Å². The molecule has 2 amide bonds. The van der Waals surface area contributed by atoms with Crippen molar-refractivity contribution in [1.29, 1.82) is 0 Å². The first-order chi connectivity index (χ1) is 12.3. The number of hydrogen-bond donors (Lipinski definition) is 3. The van der Waals surface area contributed by atoms with Crippen LogP contribution >= 0.6 is 0 Å². The zero-order valence-electron chi connectivity index (χ0n) is 15.7. The van der Waals surface area contributed by atoms with Crippen molar-refractivity contribution in [2.24, 2.45) is 11.1 Å². The number of nitrogens with two attached hydrogens (primary N) is 1. The number of hydrogen-bond acceptors (Lipinski definition) is 4. The van der Waals surface area contributed by atoms with Crippen molar-refractivity contribution in [1.82, 2.24) is 10.2 Å². The highest BCUT2D eigenvalue weighted by molar-refractivity contribution is 6.01. The number of carbonyl (C=O) groups excluding carboxylic acids is 2. The molecule has 2 aliphatic heterocycles. The maximum atomic E-state index is 13.1. The lowest BCUT2D eigenvalue weighted by atomic mass is 9.92. The number of benzene rings is 1. The molecule has 1 fully saturated rings. The number of nitrogens with zero attached hydrogens (tertiary/aromatic N) is 1. The van der Waals surface area contributed by atoms with Crippen molar-refractivity contribution in [3.8, 4) is 0 Å². The molecule has 140 valence electrons. The monoisotopic (exact) mass is 356 g/mol. The molecule has 0 bridgehead atoms. The third kappa shape index (κ3) is 4.00. The van der Waals surface area contributed by atoms with Gasteiger partial charge in [0, 0.05) is 31.2 Å². The SMILES string of the molecule is CC(C)(C)CC(=O)NC1C[C@H]2CNc3ccc(/C=C/N)cc3C(=O)N2C1. The molecule has 3 rings (SSSR count). The van der Waals surface area contributed by atoms with Crippen LogP contribution in [0.3, 0.4) is 0 Å². The van der Waals surface area contributed by atoms with E-state index >= 15 is 0 Å². The lowest BCUT2D eigenvalue weighted by molar-refractivity contribution is -0.123. The highest BCUT2D eigenvalue weighted by atomic mass is 16.2. The summed E-state index contributed by atoms with van der Waals surface area (Å²) in [6, 6.07) is 5.82. The van der Waals surface area contributed by atoms with Gasteiger partial charge in [0.25, 0.3) is 5.91 Å². The lowest BCUT2D eigenvalue weighted by Gasteiger charge is -2.21. The standard InChI is InChI=1S/C20H28N4O2/c1-20(2,3)10-18(25)23-14-9-15-11-22-17-5-4-13(6-7-21)8-16(17)19(26)24(15)12-14/h4-8,14-15,22H,9-12,21H2,1-3H3,(H,23,25)/b7-6+/t14?,15-/m0/s1. The van der Waals surface area contributed by atoms with Crippen molar-refractivity contribution in [3.63, 3.8) is 0 Å². The zero-order chi connectivity index (χ0) is 18.9. The molecule has 1 saturated heterocycles. The Kier molecular flexibility index (Phi) is 4.94. The molecule has 26 heavy (non-hydrogen) atoms. The summed E-state index contributed by atoms with van der Waals surface area (Å²) in [4.78, 5) is 27.2. The molecule has 0 aromatic heterocycles. The van der Waals surface area contributed by atoms with Gasteiger partial charge in [-0.3, -0.25) is 9.59 Å². The first kappa shape index (κ1) is 18.3. The minimum Gasteiger partial charge on any atom is -0.405 e. The summed E-state index contributed by atoms with van der Waals surface area (Å²) in [6.45, 7) is 7.39. The Bertz CT molecular complexity index is 736. The highest BCUT2D eigenvalue weighted by Gasteiger charge is 2.38. The van der Waals surface area contributed by atoms with Gasteiger partial charge in [0.2, 0.25) is 5.91 Å². The second-order valence-electron chi connectivity index (χ2n) is 8.39. The van der Waals surface area contributed by atoms with E-state index in [4.69, 9.17) is 5.73 Å². The number of rotatable bonds is 3. The van der Waals surface area contributed by atoms with Crippen molar-refractivity contribution in [3.05, 3.63) is 35.5 Å². The maximum absolute atomic E-state index is 13.1. The van der Waals surface area contributed by atoms with E-state index in [0.29, 0.717) is 25.1 Å². The summed E-state index contributed by atoms with van der Waals surface area (Å²) in [6.07, 6.45) is 4.50. The van der Waals surface area contributed by atoms with Crippen molar-refractivity contribution in [2.45, 2.75) is 45.7 Å². The van der Waals surface area contributed by atoms with E-state index in [9.17, 15) is 9.59 Å². The van der Waals surface area contributed by atoms with Gasteiger partial charge in [-0.1, -0.05) is 26.8 Å². The van der Waals surface area contributed by atoms with Crippen LogP contribution in [0.15, 0.2) is 24.4 Å². The summed E-state index contributed by atoms with van der Waals surface area (Å²) < 4.78 is 0. The smallest absolute Gasteiger partial charge is 0.256 e. The van der Waals surface area contributed by atoms with Crippen molar-refractivity contribution in [2.75, 3.05) is 18.4 Å². The first-order valence-corrected chi connectivity index (χ1v) is 9.13. The van der Waals surface area contributed by atoms with Crippen LogP contribution in [0, 0.1) is 5.41 Å². The summed E-state index contributed by atoms with van der Waals surface area (Å²) in [5.41, 5.74) is 7.83. The lowest BCUT2D eigenvalue weighted by Crippen LogP contribution is -2.40. The number of carbonyl (C=O) groups is 2. The molecule has 2 atom stereocenters. The molecule has 1 unspecified atom stereocenters. The molecule has 6 heteroatoms. The molecular formula is C20H28N4O2. The minimum atomic E-state index is -0.0452. The minimum absolute atomic E-state index is 0.00858. The van der Waals surface area contributed by atoms with Crippen molar-refractivity contribution < 1.29 is 9.59 Å². The quantitative estimate of drug-likeness (QED) is 0.775. The summed E-state index contributed by atoms with van der Waals surface area (Å²) in [5.74, 6) is 0.0613. The first-order valence-electron chi connectivity index (χ1n) is 9.13. The summed E-state index contributed by atoms with van der Waals surface area (Å²) in [7, 11) is 0. The summed E-state index contributed by atoms with van der Waals surface area (Å²) >= 11 is 0. The summed E-state index contributed by atoms with van der Waals surface area (Å²) in [5, 5.41) is 6.48. The van der Waals surface area contributed by atoms with Gasteiger partial charge in [0.1, 0.15) is 0 Å². The molecule has 0 radical (unpaired) electrons. The number of fused-ring (bicyclic) bond motifs is 2. The molecule has 2 aliphatic rings. The molecule has 6 nitrogen and oxygen atoms in total. The van der Waals surface area contributed by atoms with Crippen LogP contribution in [-0.4, -0.2) is 41.9 Å². The average Bonchev–Trinajstić information content (AvgIpc) is 2.88. The third-order valence-corrected chi connectivity index (χ3v) is 4.82. The van der Waals surface area contributed by atoms with Crippen LogP contribution in [-0.2, 0) is 4.79 Å². The number of amides is 2. The van der Waals surface area contributed by atoms with E-state index in [1.807, 2.05) is 43.9 Å². The Balaban J connectivity index is 1.73. The van der Waals surface area contributed by atoms with Crippen molar-refractivity contribution >= 4 is 23.6 Å². The van der Waals surface area contributed by atoms with E-state index in [2.05, 4.69) is 10.6 Å². The molecule has 0 spiro atoms. The largest absolute Gasteiger partial charge is 0.405 e.